The van der Waals surface area contributed by atoms with Gasteiger partial charge in [-0.2, -0.15) is 0 Å². The van der Waals surface area contributed by atoms with Gasteiger partial charge in [0.05, 0.1) is 12.8 Å². The quantitative estimate of drug-likeness (QED) is 0.703. The van der Waals surface area contributed by atoms with Crippen molar-refractivity contribution in [2.75, 3.05) is 24.7 Å². The Morgan fingerprint density at radius 3 is 2.74 bits per heavy atom. The van der Waals surface area contributed by atoms with Gasteiger partial charge in [0.25, 0.3) is 5.91 Å². The molecule has 0 radical (unpaired) electrons. The summed E-state index contributed by atoms with van der Waals surface area (Å²) in [6.07, 6.45) is 5.03. The van der Waals surface area contributed by atoms with Crippen LogP contribution in [-0.2, 0) is 4.79 Å². The molecule has 2 aliphatic carbocycles. The Kier molecular flexibility index (Phi) is 5.36. The van der Waals surface area contributed by atoms with E-state index in [-0.39, 0.29) is 24.2 Å². The number of aliphatic hydroxyl groups excluding tert-OH is 1. The molecule has 7 heteroatoms. The molecule has 7 nitrogen and oxygen atoms in total. The molecule has 5 rings (SSSR count). The molecule has 0 spiro atoms. The number of Topliss-reactive ketones (excluding diaryl/α,β-unsaturated/α-hetero) is 1. The van der Waals surface area contributed by atoms with Crippen molar-refractivity contribution in [2.45, 2.75) is 44.1 Å². The van der Waals surface area contributed by atoms with Gasteiger partial charge in [-0.05, 0) is 54.9 Å². The maximum atomic E-state index is 12.9. The van der Waals surface area contributed by atoms with Gasteiger partial charge in [-0.25, -0.2) is 4.98 Å². The summed E-state index contributed by atoms with van der Waals surface area (Å²) in [7, 11) is 0. The highest BCUT2D eigenvalue weighted by atomic mass is 16.5. The second-order valence-electron chi connectivity index (χ2n) is 8.58. The summed E-state index contributed by atoms with van der Waals surface area (Å²) >= 11 is 0. The normalized spacial score (nSPS) is 22.7. The molecule has 1 saturated heterocycles. The minimum atomic E-state index is -0.578. The average Bonchev–Trinajstić information content (AvgIpc) is 3.48. The number of rotatable bonds is 8. The Hall–Kier alpha value is -2.93. The van der Waals surface area contributed by atoms with E-state index in [9.17, 15) is 14.7 Å². The summed E-state index contributed by atoms with van der Waals surface area (Å²) in [5.41, 5.74) is 2.35. The van der Waals surface area contributed by atoms with Gasteiger partial charge in [-0.1, -0.05) is 6.07 Å². The van der Waals surface area contributed by atoms with Crippen LogP contribution in [-0.4, -0.2) is 47.6 Å². The lowest BCUT2D eigenvalue weighted by Crippen LogP contribution is -2.32. The van der Waals surface area contributed by atoms with Gasteiger partial charge in [0.2, 0.25) is 5.88 Å². The topological polar surface area (TPSA) is 89.0 Å². The molecule has 2 atom stereocenters. The van der Waals surface area contributed by atoms with E-state index in [1.807, 2.05) is 18.2 Å². The van der Waals surface area contributed by atoms with E-state index >= 15 is 0 Å². The van der Waals surface area contributed by atoms with Crippen LogP contribution in [0.1, 0.15) is 53.9 Å². The fourth-order valence-electron chi connectivity index (χ4n) is 4.36. The van der Waals surface area contributed by atoms with Crippen LogP contribution >= 0.6 is 0 Å². The molecule has 0 bridgehead atoms. The number of amides is 1. The van der Waals surface area contributed by atoms with Gasteiger partial charge in [0.1, 0.15) is 5.75 Å². The van der Waals surface area contributed by atoms with Gasteiger partial charge in [0.15, 0.2) is 11.9 Å². The van der Waals surface area contributed by atoms with E-state index in [0.29, 0.717) is 55.5 Å². The lowest BCUT2D eigenvalue weighted by atomic mass is 9.98. The second-order valence-corrected chi connectivity index (χ2v) is 8.58. The molecule has 1 aromatic carbocycles. The van der Waals surface area contributed by atoms with E-state index in [1.165, 1.54) is 12.8 Å². The highest BCUT2D eigenvalue weighted by molar-refractivity contribution is 6.04. The maximum absolute atomic E-state index is 12.9. The fourth-order valence-corrected chi connectivity index (χ4v) is 4.36. The lowest BCUT2D eigenvalue weighted by Gasteiger charge is -2.18. The first-order valence-electron chi connectivity index (χ1n) is 11.0. The molecule has 162 valence electrons. The van der Waals surface area contributed by atoms with Crippen LogP contribution in [0.5, 0.6) is 11.6 Å². The Labute approximate surface area is 181 Å². The number of hydrogen-bond acceptors (Lipinski definition) is 6. The first kappa shape index (κ1) is 20.0. The van der Waals surface area contributed by atoms with Crippen LogP contribution in [0.3, 0.4) is 0 Å². The number of fused-ring (bicyclic) bond motifs is 1. The van der Waals surface area contributed by atoms with E-state index < -0.39 is 6.10 Å². The van der Waals surface area contributed by atoms with Crippen LogP contribution in [0.15, 0.2) is 36.5 Å². The molecule has 31 heavy (non-hydrogen) atoms. The summed E-state index contributed by atoms with van der Waals surface area (Å²) in [6, 6.07) is 9.16. The molecule has 1 N–H and O–H groups in total. The maximum Gasteiger partial charge on any atom is 0.268 e. The largest absolute Gasteiger partial charge is 0.479 e. The first-order chi connectivity index (χ1) is 15.1. The van der Waals surface area contributed by atoms with Crippen LogP contribution in [0.2, 0.25) is 0 Å². The number of benzene rings is 1. The molecule has 2 heterocycles. The fraction of sp³-hybridized carbons (Fsp3) is 0.458. The third kappa shape index (κ3) is 4.14. The van der Waals surface area contributed by atoms with Gasteiger partial charge >= 0.3 is 0 Å². The van der Waals surface area contributed by atoms with Crippen LogP contribution in [0.25, 0.3) is 0 Å². The van der Waals surface area contributed by atoms with E-state index in [1.54, 1.807) is 23.2 Å². The number of hydrogen-bond donors (Lipinski definition) is 1. The molecule has 3 aliphatic rings. The monoisotopic (exact) mass is 422 g/mol. The van der Waals surface area contributed by atoms with Crippen molar-refractivity contribution in [1.29, 1.82) is 0 Å². The number of nitrogens with zero attached hydrogens (tertiary/aromatic N) is 2. The van der Waals surface area contributed by atoms with E-state index in [4.69, 9.17) is 9.47 Å². The zero-order chi connectivity index (χ0) is 21.4. The standard InChI is InChI=1S/C24H26N2O5/c27-10-8-16-11-21(28)20-12-17(3-5-19(16)20)26-9-7-22(24(26)29)31-18-4-6-23(25-13-18)30-14-15-1-2-15/h3-6,12-13,15-16,22,27H,1-2,7-11,14H2/t16?,22-/m1/s1. The Morgan fingerprint density at radius 2 is 2.00 bits per heavy atom. The molecule has 1 amide bonds. The number of anilines is 1. The summed E-state index contributed by atoms with van der Waals surface area (Å²) in [6.45, 7) is 1.30. The lowest BCUT2D eigenvalue weighted by molar-refractivity contribution is -0.122. The van der Waals surface area contributed by atoms with Crippen LogP contribution in [0.4, 0.5) is 5.69 Å². The zero-order valence-corrected chi connectivity index (χ0v) is 17.3. The Balaban J connectivity index is 1.24. The van der Waals surface area contributed by atoms with Crippen molar-refractivity contribution < 1.29 is 24.2 Å². The van der Waals surface area contributed by atoms with Gasteiger partial charge < -0.3 is 19.5 Å². The second kappa shape index (κ2) is 8.30. The van der Waals surface area contributed by atoms with Crippen molar-refractivity contribution in [2.24, 2.45) is 5.92 Å². The smallest absolute Gasteiger partial charge is 0.268 e. The van der Waals surface area contributed by atoms with Crippen molar-refractivity contribution in [1.82, 2.24) is 4.98 Å². The molecule has 1 unspecified atom stereocenters. The number of carbonyl (C=O) groups is 2. The minimum Gasteiger partial charge on any atom is -0.479 e. The summed E-state index contributed by atoms with van der Waals surface area (Å²) in [5.74, 6) is 1.79. The van der Waals surface area contributed by atoms with E-state index in [2.05, 4.69) is 4.98 Å². The SMILES string of the molecule is O=C1CC(CCO)c2ccc(N3CC[C@@H](Oc4ccc(OCC5CC5)nc4)C3=O)cc21. The highest BCUT2D eigenvalue weighted by Gasteiger charge is 2.36. The first-order valence-corrected chi connectivity index (χ1v) is 11.0. The number of pyridine rings is 1. The molecule has 2 fully saturated rings. The Morgan fingerprint density at radius 1 is 1.13 bits per heavy atom. The number of aromatic nitrogens is 1. The number of aliphatic hydroxyl groups is 1. The van der Waals surface area contributed by atoms with E-state index in [0.717, 1.165) is 11.3 Å². The third-order valence-corrected chi connectivity index (χ3v) is 6.31. The van der Waals surface area contributed by atoms with Crippen molar-refractivity contribution in [3.63, 3.8) is 0 Å². The molecule has 1 aromatic heterocycles. The molecular weight excluding hydrogens is 396 g/mol. The summed E-state index contributed by atoms with van der Waals surface area (Å²) < 4.78 is 11.5. The summed E-state index contributed by atoms with van der Waals surface area (Å²) in [5, 5.41) is 9.23. The molecular formula is C24H26N2O5. The molecule has 2 aromatic rings. The predicted molar refractivity (Wildman–Crippen MR) is 114 cm³/mol. The number of ketones is 1. The third-order valence-electron chi connectivity index (χ3n) is 6.31. The minimum absolute atomic E-state index is 0.0608. The summed E-state index contributed by atoms with van der Waals surface area (Å²) in [4.78, 5) is 31.3. The van der Waals surface area contributed by atoms with Crippen molar-refractivity contribution >= 4 is 17.4 Å². The average molecular weight is 422 g/mol. The van der Waals surface area contributed by atoms with Gasteiger partial charge in [0, 0.05) is 43.3 Å². The van der Waals surface area contributed by atoms with Gasteiger partial charge in [-0.3, -0.25) is 9.59 Å². The highest BCUT2D eigenvalue weighted by Crippen LogP contribution is 2.38. The molecule has 1 saturated carbocycles. The number of carbonyl (C=O) groups excluding carboxylic acids is 2. The number of ether oxygens (including phenoxy) is 2. The Bertz CT molecular complexity index is 986. The van der Waals surface area contributed by atoms with Crippen LogP contribution in [0, 0.1) is 5.92 Å². The van der Waals surface area contributed by atoms with Gasteiger partial charge in [-0.15, -0.1) is 0 Å². The zero-order valence-electron chi connectivity index (χ0n) is 17.3. The molecule has 1 aliphatic heterocycles. The van der Waals surface area contributed by atoms with Crippen molar-refractivity contribution in [3.05, 3.63) is 47.7 Å². The van der Waals surface area contributed by atoms with Crippen molar-refractivity contribution in [3.8, 4) is 11.6 Å². The van der Waals surface area contributed by atoms with Crippen LogP contribution < -0.4 is 14.4 Å². The predicted octanol–water partition coefficient (Wildman–Crippen LogP) is 3.11.